The third-order valence-electron chi connectivity index (χ3n) is 7.58. The fourth-order valence-corrected chi connectivity index (χ4v) is 6.23. The van der Waals surface area contributed by atoms with Gasteiger partial charge in [0.2, 0.25) is 5.91 Å². The summed E-state index contributed by atoms with van der Waals surface area (Å²) in [7, 11) is 0. The van der Waals surface area contributed by atoms with Crippen LogP contribution in [0.2, 0.25) is 0 Å². The Bertz CT molecular complexity index is 879. The quantitative estimate of drug-likeness (QED) is 0.657. The number of carbonyl (C=O) groups excluding carboxylic acids is 2. The lowest BCUT2D eigenvalue weighted by molar-refractivity contribution is -0.144. The van der Waals surface area contributed by atoms with Gasteiger partial charge in [0.05, 0.1) is 0 Å². The van der Waals surface area contributed by atoms with E-state index in [1.165, 1.54) is 16.9 Å². The second-order valence-electron chi connectivity index (χ2n) is 9.37. The van der Waals surface area contributed by atoms with Gasteiger partial charge >= 0.3 is 0 Å². The lowest BCUT2D eigenvalue weighted by Crippen LogP contribution is -2.63. The summed E-state index contributed by atoms with van der Waals surface area (Å²) in [5.74, 6) is 1.52. The second-order valence-corrected chi connectivity index (χ2v) is 10.3. The van der Waals surface area contributed by atoms with Crippen LogP contribution in [0.3, 0.4) is 0 Å². The molecule has 6 heteroatoms. The summed E-state index contributed by atoms with van der Waals surface area (Å²) in [5.41, 5.74) is 1.43. The summed E-state index contributed by atoms with van der Waals surface area (Å²) >= 11 is 1.44. The molecular weight excluding hydrogens is 406 g/mol. The van der Waals surface area contributed by atoms with Crippen molar-refractivity contribution in [3.63, 3.8) is 0 Å². The van der Waals surface area contributed by atoms with Gasteiger partial charge in [-0.1, -0.05) is 30.3 Å². The minimum absolute atomic E-state index is 0.111. The van der Waals surface area contributed by atoms with E-state index in [-0.39, 0.29) is 17.6 Å². The first-order valence-corrected chi connectivity index (χ1v) is 12.6. The number of Topliss-reactive ketones (excluding diaryl/α,β-unsaturated/α-hetero) is 1. The molecule has 31 heavy (non-hydrogen) atoms. The average Bonchev–Trinajstić information content (AvgIpc) is 3.34. The maximum absolute atomic E-state index is 13.0. The lowest BCUT2D eigenvalue weighted by Gasteiger charge is -2.48. The molecule has 1 aromatic heterocycles. The zero-order valence-electron chi connectivity index (χ0n) is 18.0. The summed E-state index contributed by atoms with van der Waals surface area (Å²) < 4.78 is 0. The maximum atomic E-state index is 13.0. The van der Waals surface area contributed by atoms with E-state index >= 15 is 0 Å². The molecule has 1 aromatic carbocycles. The van der Waals surface area contributed by atoms with Crippen molar-refractivity contribution in [1.82, 2.24) is 14.8 Å². The van der Waals surface area contributed by atoms with Gasteiger partial charge in [-0.25, -0.2) is 4.98 Å². The first-order chi connectivity index (χ1) is 15.2. The fourth-order valence-electron chi connectivity index (χ4n) is 5.57. The Labute approximate surface area is 188 Å². The summed E-state index contributed by atoms with van der Waals surface area (Å²) in [4.78, 5) is 34.3. The van der Waals surface area contributed by atoms with E-state index in [1.54, 1.807) is 6.20 Å². The van der Waals surface area contributed by atoms with Crippen molar-refractivity contribution in [2.45, 2.75) is 50.5 Å². The molecule has 164 valence electrons. The minimum Gasteiger partial charge on any atom is -0.339 e. The van der Waals surface area contributed by atoms with E-state index in [0.717, 1.165) is 64.7 Å². The zero-order valence-corrected chi connectivity index (χ0v) is 18.8. The fraction of sp³-hybridized carbons (Fsp3) is 0.560. The Kier molecular flexibility index (Phi) is 6.19. The highest BCUT2D eigenvalue weighted by Crippen LogP contribution is 2.37. The molecule has 0 atom stereocenters. The second kappa shape index (κ2) is 9.21. The molecule has 0 bridgehead atoms. The minimum atomic E-state index is 0.111. The van der Waals surface area contributed by atoms with Crippen LogP contribution >= 0.6 is 11.3 Å². The third kappa shape index (κ3) is 4.46. The van der Waals surface area contributed by atoms with Crippen LogP contribution < -0.4 is 0 Å². The molecule has 2 aromatic rings. The largest absolute Gasteiger partial charge is 0.339 e. The van der Waals surface area contributed by atoms with Crippen LogP contribution in [0.5, 0.6) is 0 Å². The molecule has 5 rings (SSSR count). The molecule has 3 heterocycles. The lowest BCUT2D eigenvalue weighted by atomic mass is 9.78. The predicted molar refractivity (Wildman–Crippen MR) is 122 cm³/mol. The van der Waals surface area contributed by atoms with Crippen molar-refractivity contribution in [2.24, 2.45) is 11.8 Å². The van der Waals surface area contributed by atoms with E-state index in [4.69, 9.17) is 0 Å². The molecule has 2 saturated heterocycles. The van der Waals surface area contributed by atoms with Gasteiger partial charge in [0.1, 0.15) is 0 Å². The number of likely N-dealkylation sites (tertiary alicyclic amines) is 2. The number of nitrogens with zero attached hydrogens (tertiary/aromatic N) is 3. The van der Waals surface area contributed by atoms with E-state index in [9.17, 15) is 9.59 Å². The molecule has 0 N–H and O–H groups in total. The van der Waals surface area contributed by atoms with Gasteiger partial charge in [0.15, 0.2) is 10.8 Å². The van der Waals surface area contributed by atoms with Crippen LogP contribution in [0.25, 0.3) is 0 Å². The van der Waals surface area contributed by atoms with E-state index in [2.05, 4.69) is 45.1 Å². The number of amides is 1. The number of piperidine rings is 1. The average molecular weight is 438 g/mol. The highest BCUT2D eigenvalue weighted by molar-refractivity contribution is 7.11. The summed E-state index contributed by atoms with van der Waals surface area (Å²) in [5, 5.41) is 2.53. The Morgan fingerprint density at radius 2 is 1.61 bits per heavy atom. The Morgan fingerprint density at radius 3 is 2.26 bits per heavy atom. The van der Waals surface area contributed by atoms with Crippen molar-refractivity contribution in [1.29, 1.82) is 0 Å². The Hall–Kier alpha value is -2.05. The molecule has 2 aliphatic heterocycles. The van der Waals surface area contributed by atoms with E-state index in [1.807, 2.05) is 5.38 Å². The van der Waals surface area contributed by atoms with Crippen molar-refractivity contribution >= 4 is 23.0 Å². The molecule has 5 nitrogen and oxygen atoms in total. The highest BCUT2D eigenvalue weighted by atomic mass is 32.1. The summed E-state index contributed by atoms with van der Waals surface area (Å²) in [6.45, 7) is 3.64. The number of thiazole rings is 1. The Morgan fingerprint density at radius 1 is 0.903 bits per heavy atom. The molecule has 3 fully saturated rings. The van der Waals surface area contributed by atoms with Crippen LogP contribution in [-0.2, 0) is 4.79 Å². The maximum Gasteiger partial charge on any atom is 0.225 e. The van der Waals surface area contributed by atoms with Crippen LogP contribution in [-0.4, -0.2) is 58.7 Å². The smallest absolute Gasteiger partial charge is 0.225 e. The van der Waals surface area contributed by atoms with Crippen LogP contribution in [0, 0.1) is 11.8 Å². The Balaban J connectivity index is 1.05. The van der Waals surface area contributed by atoms with Crippen molar-refractivity contribution in [3.8, 4) is 0 Å². The zero-order chi connectivity index (χ0) is 21.2. The number of hydrogen-bond acceptors (Lipinski definition) is 5. The molecule has 0 radical (unpaired) electrons. The highest BCUT2D eigenvalue weighted by Gasteiger charge is 2.40. The standard InChI is InChI=1S/C25H31N3O2S/c29-23(24-26-12-15-31-24)20-10-13-27(14-11-20)22-16-28(17-22)25(30)21-8-6-19(7-9-21)18-4-2-1-3-5-18/h1-5,12,15,19-22H,6-11,13-14,16-17H2. The van der Waals surface area contributed by atoms with Gasteiger partial charge in [-0.2, -0.15) is 0 Å². The first kappa shape index (κ1) is 20.8. The molecule has 0 unspecified atom stereocenters. The number of hydrogen-bond donors (Lipinski definition) is 0. The number of benzene rings is 1. The molecule has 1 amide bonds. The van der Waals surface area contributed by atoms with Gasteiger partial charge in [0.25, 0.3) is 0 Å². The van der Waals surface area contributed by atoms with Crippen molar-refractivity contribution in [2.75, 3.05) is 26.2 Å². The SMILES string of the molecule is O=C(c1nccs1)C1CCN(C2CN(C(=O)C3CCC(c4ccccc4)CC3)C2)CC1. The summed E-state index contributed by atoms with van der Waals surface area (Å²) in [6.07, 6.45) is 7.81. The number of aromatic nitrogens is 1. The molecule has 1 saturated carbocycles. The van der Waals surface area contributed by atoms with Gasteiger partial charge in [-0.05, 0) is 63.1 Å². The predicted octanol–water partition coefficient (Wildman–Crippen LogP) is 4.22. The van der Waals surface area contributed by atoms with Gasteiger partial charge in [0, 0.05) is 42.5 Å². The molecule has 0 spiro atoms. The molecule has 1 aliphatic carbocycles. The number of carbonyl (C=O) groups is 2. The van der Waals surface area contributed by atoms with E-state index < -0.39 is 0 Å². The van der Waals surface area contributed by atoms with Gasteiger partial charge in [-0.3, -0.25) is 14.5 Å². The van der Waals surface area contributed by atoms with Crippen molar-refractivity contribution < 1.29 is 9.59 Å². The topological polar surface area (TPSA) is 53.5 Å². The van der Waals surface area contributed by atoms with Crippen molar-refractivity contribution in [3.05, 3.63) is 52.5 Å². The van der Waals surface area contributed by atoms with Gasteiger partial charge in [-0.15, -0.1) is 11.3 Å². The monoisotopic (exact) mass is 437 g/mol. The number of ketones is 1. The normalized spacial score (nSPS) is 25.9. The van der Waals surface area contributed by atoms with Crippen LogP contribution in [0.4, 0.5) is 0 Å². The summed E-state index contributed by atoms with van der Waals surface area (Å²) in [6, 6.07) is 11.2. The third-order valence-corrected chi connectivity index (χ3v) is 8.37. The van der Waals surface area contributed by atoms with E-state index in [0.29, 0.717) is 22.9 Å². The van der Waals surface area contributed by atoms with Gasteiger partial charge < -0.3 is 4.90 Å². The first-order valence-electron chi connectivity index (χ1n) is 11.7. The molecular formula is C25H31N3O2S. The van der Waals surface area contributed by atoms with Crippen LogP contribution in [0.1, 0.15) is 59.8 Å². The van der Waals surface area contributed by atoms with Crippen LogP contribution in [0.15, 0.2) is 41.9 Å². The number of rotatable bonds is 5. The molecule has 3 aliphatic rings.